The molecule has 1 aromatic rings. The van der Waals surface area contributed by atoms with Crippen LogP contribution >= 0.6 is 0 Å². The Morgan fingerprint density at radius 2 is 1.96 bits per heavy atom. The molecule has 2 heterocycles. The van der Waals surface area contributed by atoms with E-state index < -0.39 is 0 Å². The molecule has 1 aliphatic heterocycles. The fraction of sp³-hybridized carbons (Fsp3) is 0.706. The summed E-state index contributed by atoms with van der Waals surface area (Å²) in [6.45, 7) is 5.84. The lowest BCUT2D eigenvalue weighted by Gasteiger charge is -2.42. The number of rotatable bonds is 5. The minimum Gasteiger partial charge on any atom is -0.379 e. The number of anilines is 1. The second kappa shape index (κ2) is 7.71. The van der Waals surface area contributed by atoms with Gasteiger partial charge < -0.3 is 10.1 Å². The van der Waals surface area contributed by atoms with E-state index in [0.717, 1.165) is 45.2 Å². The van der Waals surface area contributed by atoms with Crippen molar-refractivity contribution in [1.82, 2.24) is 15.1 Å². The topological polar surface area (TPSA) is 74.1 Å². The molecule has 1 saturated carbocycles. The average Bonchev–Trinajstić information content (AvgIpc) is 2.62. The largest absolute Gasteiger partial charge is 0.379 e. The molecule has 2 aliphatic rings. The van der Waals surface area contributed by atoms with Gasteiger partial charge in [-0.05, 0) is 25.0 Å². The highest BCUT2D eigenvalue weighted by Crippen LogP contribution is 2.37. The van der Waals surface area contributed by atoms with E-state index in [1.54, 1.807) is 6.07 Å². The fourth-order valence-electron chi connectivity index (χ4n) is 3.69. The van der Waals surface area contributed by atoms with Gasteiger partial charge in [-0.3, -0.25) is 4.90 Å². The van der Waals surface area contributed by atoms with Crippen LogP contribution in [0, 0.1) is 16.7 Å². The summed E-state index contributed by atoms with van der Waals surface area (Å²) in [5.41, 5.74) is 0.668. The standard InChI is InChI=1S/C17H25N5O/c18-12-15-4-5-16(21-20-15)19-13-17(6-2-1-3-7-17)14-22-8-10-23-11-9-22/h4-5H,1-3,6-11,13-14H2,(H,19,21). The molecule has 0 spiro atoms. The number of nitrogens with one attached hydrogen (secondary N) is 1. The van der Waals surface area contributed by atoms with Gasteiger partial charge in [0.1, 0.15) is 11.9 Å². The molecule has 23 heavy (non-hydrogen) atoms. The Bertz CT molecular complexity index is 527. The number of hydrogen-bond acceptors (Lipinski definition) is 6. The first-order valence-corrected chi connectivity index (χ1v) is 8.58. The first-order valence-electron chi connectivity index (χ1n) is 8.58. The molecule has 0 amide bonds. The zero-order valence-electron chi connectivity index (χ0n) is 13.6. The minimum absolute atomic E-state index is 0.311. The number of ether oxygens (including phenoxy) is 1. The third-order valence-corrected chi connectivity index (χ3v) is 5.00. The molecule has 0 atom stereocenters. The van der Waals surface area contributed by atoms with Crippen LogP contribution in [0.25, 0.3) is 0 Å². The van der Waals surface area contributed by atoms with Crippen molar-refractivity contribution in [3.63, 3.8) is 0 Å². The highest BCUT2D eigenvalue weighted by molar-refractivity contribution is 5.35. The Morgan fingerprint density at radius 1 is 1.17 bits per heavy atom. The van der Waals surface area contributed by atoms with Crippen molar-refractivity contribution in [2.45, 2.75) is 32.1 Å². The van der Waals surface area contributed by atoms with Gasteiger partial charge in [0.25, 0.3) is 0 Å². The molecule has 0 unspecified atom stereocenters. The van der Waals surface area contributed by atoms with Gasteiger partial charge in [-0.2, -0.15) is 5.26 Å². The molecular formula is C17H25N5O. The van der Waals surface area contributed by atoms with Crippen LogP contribution in [0.15, 0.2) is 12.1 Å². The Hall–Kier alpha value is -1.71. The number of hydrogen-bond donors (Lipinski definition) is 1. The molecule has 3 rings (SSSR count). The van der Waals surface area contributed by atoms with Crippen molar-refractivity contribution >= 4 is 5.82 Å². The predicted octanol–water partition coefficient (Wildman–Crippen LogP) is 2.04. The van der Waals surface area contributed by atoms with E-state index >= 15 is 0 Å². The summed E-state index contributed by atoms with van der Waals surface area (Å²) in [4.78, 5) is 2.54. The van der Waals surface area contributed by atoms with Crippen LogP contribution in [0.4, 0.5) is 5.82 Å². The van der Waals surface area contributed by atoms with Crippen LogP contribution in [0.3, 0.4) is 0 Å². The Balaban J connectivity index is 1.62. The summed E-state index contributed by atoms with van der Waals surface area (Å²) in [5.74, 6) is 0.760. The van der Waals surface area contributed by atoms with E-state index in [1.807, 2.05) is 12.1 Å². The molecule has 124 valence electrons. The highest BCUT2D eigenvalue weighted by atomic mass is 16.5. The van der Waals surface area contributed by atoms with Gasteiger partial charge in [0, 0.05) is 31.6 Å². The van der Waals surface area contributed by atoms with Gasteiger partial charge in [-0.25, -0.2) is 0 Å². The quantitative estimate of drug-likeness (QED) is 0.896. The van der Waals surface area contributed by atoms with E-state index in [-0.39, 0.29) is 0 Å². The molecule has 1 aliphatic carbocycles. The summed E-state index contributed by atoms with van der Waals surface area (Å²) in [7, 11) is 0. The van der Waals surface area contributed by atoms with E-state index in [4.69, 9.17) is 10.00 Å². The molecule has 2 fully saturated rings. The molecule has 1 aromatic heterocycles. The molecule has 0 aromatic carbocycles. The Kier molecular flexibility index (Phi) is 5.42. The van der Waals surface area contributed by atoms with Crippen LogP contribution < -0.4 is 5.32 Å². The number of nitriles is 1. The lowest BCUT2D eigenvalue weighted by atomic mass is 9.73. The Morgan fingerprint density at radius 3 is 2.61 bits per heavy atom. The van der Waals surface area contributed by atoms with Crippen molar-refractivity contribution in [1.29, 1.82) is 5.26 Å². The summed E-state index contributed by atoms with van der Waals surface area (Å²) in [6, 6.07) is 5.56. The smallest absolute Gasteiger partial charge is 0.163 e. The van der Waals surface area contributed by atoms with E-state index in [0.29, 0.717) is 11.1 Å². The summed E-state index contributed by atoms with van der Waals surface area (Å²) in [6.07, 6.45) is 6.50. The first-order chi connectivity index (χ1) is 11.3. The third-order valence-electron chi connectivity index (χ3n) is 5.00. The van der Waals surface area contributed by atoms with Crippen molar-refractivity contribution in [2.24, 2.45) is 5.41 Å². The van der Waals surface area contributed by atoms with Crippen LogP contribution in [0.2, 0.25) is 0 Å². The van der Waals surface area contributed by atoms with Crippen LogP contribution in [-0.4, -0.2) is 54.5 Å². The molecule has 1 saturated heterocycles. The van der Waals surface area contributed by atoms with Crippen molar-refractivity contribution in [3.8, 4) is 6.07 Å². The third kappa shape index (κ3) is 4.40. The monoisotopic (exact) mass is 315 g/mol. The van der Waals surface area contributed by atoms with Gasteiger partial charge in [0.05, 0.1) is 13.2 Å². The zero-order chi connectivity index (χ0) is 16.0. The zero-order valence-corrected chi connectivity index (χ0v) is 13.6. The maximum Gasteiger partial charge on any atom is 0.163 e. The van der Waals surface area contributed by atoms with E-state index in [1.165, 1.54) is 32.1 Å². The molecule has 6 nitrogen and oxygen atoms in total. The normalized spacial score (nSPS) is 21.5. The summed E-state index contributed by atoms with van der Waals surface area (Å²) >= 11 is 0. The predicted molar refractivity (Wildman–Crippen MR) is 88.0 cm³/mol. The van der Waals surface area contributed by atoms with Gasteiger partial charge in [0.15, 0.2) is 5.69 Å². The maximum atomic E-state index is 8.80. The number of aromatic nitrogens is 2. The molecule has 0 bridgehead atoms. The van der Waals surface area contributed by atoms with E-state index in [9.17, 15) is 0 Å². The summed E-state index contributed by atoms with van der Waals surface area (Å²) < 4.78 is 5.47. The minimum atomic E-state index is 0.311. The van der Waals surface area contributed by atoms with E-state index in [2.05, 4.69) is 20.4 Å². The fourth-order valence-corrected chi connectivity index (χ4v) is 3.69. The molecular weight excluding hydrogens is 290 g/mol. The number of morpholine rings is 1. The second-order valence-electron chi connectivity index (χ2n) is 6.72. The summed E-state index contributed by atoms with van der Waals surface area (Å²) in [5, 5.41) is 20.2. The average molecular weight is 315 g/mol. The van der Waals surface area contributed by atoms with Crippen LogP contribution in [-0.2, 0) is 4.74 Å². The highest BCUT2D eigenvalue weighted by Gasteiger charge is 2.34. The SMILES string of the molecule is N#Cc1ccc(NCC2(CN3CCOCC3)CCCCC2)nn1. The van der Waals surface area contributed by atoms with Crippen molar-refractivity contribution in [2.75, 3.05) is 44.7 Å². The molecule has 1 N–H and O–H groups in total. The van der Waals surface area contributed by atoms with Gasteiger partial charge in [0.2, 0.25) is 0 Å². The second-order valence-corrected chi connectivity index (χ2v) is 6.72. The van der Waals surface area contributed by atoms with Crippen molar-refractivity contribution < 1.29 is 4.74 Å². The van der Waals surface area contributed by atoms with Gasteiger partial charge in [-0.15, -0.1) is 10.2 Å². The van der Waals surface area contributed by atoms with Crippen LogP contribution in [0.5, 0.6) is 0 Å². The number of nitrogens with zero attached hydrogens (tertiary/aromatic N) is 4. The Labute approximate surface area is 137 Å². The molecule has 6 heteroatoms. The van der Waals surface area contributed by atoms with Crippen LogP contribution in [0.1, 0.15) is 37.8 Å². The lowest BCUT2D eigenvalue weighted by molar-refractivity contribution is 0.0102. The van der Waals surface area contributed by atoms with Gasteiger partial charge in [-0.1, -0.05) is 19.3 Å². The maximum absolute atomic E-state index is 8.80. The van der Waals surface area contributed by atoms with Crippen molar-refractivity contribution in [3.05, 3.63) is 17.8 Å². The first kappa shape index (κ1) is 16.2. The van der Waals surface area contributed by atoms with Gasteiger partial charge >= 0.3 is 0 Å². The molecule has 0 radical (unpaired) electrons. The lowest BCUT2D eigenvalue weighted by Crippen LogP contribution is -2.47.